The number of hydrogen-bond donors (Lipinski definition) is 1. The maximum atomic E-state index is 11.5. The van der Waals surface area contributed by atoms with E-state index in [0.717, 1.165) is 6.26 Å². The second kappa shape index (κ2) is 6.48. The Kier molecular flexibility index (Phi) is 5.26. The second-order valence-electron chi connectivity index (χ2n) is 3.57. The van der Waals surface area contributed by atoms with Gasteiger partial charge in [0.2, 0.25) is 0 Å². The van der Waals surface area contributed by atoms with Crippen LogP contribution in [0, 0.1) is 0 Å². The van der Waals surface area contributed by atoms with Crippen LogP contribution in [0.2, 0.25) is 0 Å². The number of ether oxygens (including phenoxy) is 1. The number of nitrogens with one attached hydrogen (secondary N) is 1. The summed E-state index contributed by atoms with van der Waals surface area (Å²) in [6.45, 7) is 0.608. The van der Waals surface area contributed by atoms with Crippen LogP contribution >= 0.6 is 0 Å². The summed E-state index contributed by atoms with van der Waals surface area (Å²) in [5, 5.41) is 0. The number of amides is 1. The first-order valence-corrected chi connectivity index (χ1v) is 7.05. The van der Waals surface area contributed by atoms with Gasteiger partial charge in [0.15, 0.2) is 9.84 Å². The van der Waals surface area contributed by atoms with Crippen molar-refractivity contribution in [2.24, 2.45) is 0 Å². The number of hydroxylamine groups is 1. The van der Waals surface area contributed by atoms with Gasteiger partial charge >= 0.3 is 0 Å². The van der Waals surface area contributed by atoms with Gasteiger partial charge in [-0.15, -0.1) is 0 Å². The van der Waals surface area contributed by atoms with Gasteiger partial charge in [0.25, 0.3) is 5.91 Å². The fraction of sp³-hybridized carbons (Fsp3) is 0.364. The Morgan fingerprint density at radius 1 is 1.22 bits per heavy atom. The molecule has 0 radical (unpaired) electrons. The van der Waals surface area contributed by atoms with Gasteiger partial charge in [0.05, 0.1) is 18.1 Å². The van der Waals surface area contributed by atoms with E-state index in [1.807, 2.05) is 0 Å². The zero-order valence-corrected chi connectivity index (χ0v) is 11.0. The molecule has 0 unspecified atom stereocenters. The highest BCUT2D eigenvalue weighted by molar-refractivity contribution is 7.90. The molecule has 7 heteroatoms. The van der Waals surface area contributed by atoms with Gasteiger partial charge in [-0.25, -0.2) is 13.9 Å². The average Bonchev–Trinajstić information content (AvgIpc) is 2.33. The van der Waals surface area contributed by atoms with Gasteiger partial charge in [-0.05, 0) is 24.3 Å². The van der Waals surface area contributed by atoms with Crippen LogP contribution in [-0.4, -0.2) is 40.9 Å². The van der Waals surface area contributed by atoms with Crippen molar-refractivity contribution in [1.29, 1.82) is 0 Å². The molecule has 1 N–H and O–H groups in total. The fourth-order valence-electron chi connectivity index (χ4n) is 1.15. The summed E-state index contributed by atoms with van der Waals surface area (Å²) in [5.41, 5.74) is 2.54. The van der Waals surface area contributed by atoms with Crippen molar-refractivity contribution in [3.63, 3.8) is 0 Å². The summed E-state index contributed by atoms with van der Waals surface area (Å²) >= 11 is 0. The standard InChI is InChI=1S/C11H15NO5S/c1-16-7-8-17-12-11(13)9-3-5-10(6-4-9)18(2,14)15/h3-6H,7-8H2,1-2H3,(H,12,13). The van der Waals surface area contributed by atoms with Gasteiger partial charge in [0.1, 0.15) is 0 Å². The average molecular weight is 273 g/mol. The summed E-state index contributed by atoms with van der Waals surface area (Å²) < 4.78 is 27.2. The third-order valence-electron chi connectivity index (χ3n) is 2.10. The zero-order chi connectivity index (χ0) is 13.6. The smallest absolute Gasteiger partial charge is 0.274 e. The molecule has 1 amide bonds. The first kappa shape index (κ1) is 14.6. The Hall–Kier alpha value is -1.44. The van der Waals surface area contributed by atoms with Gasteiger partial charge in [0, 0.05) is 18.9 Å². The van der Waals surface area contributed by atoms with Crippen molar-refractivity contribution in [3.05, 3.63) is 29.8 Å². The zero-order valence-electron chi connectivity index (χ0n) is 10.2. The highest BCUT2D eigenvalue weighted by Crippen LogP contribution is 2.10. The second-order valence-corrected chi connectivity index (χ2v) is 5.58. The quantitative estimate of drug-likeness (QED) is 0.599. The molecule has 0 heterocycles. The summed E-state index contributed by atoms with van der Waals surface area (Å²) in [4.78, 5) is 16.6. The van der Waals surface area contributed by atoms with Crippen LogP contribution in [-0.2, 0) is 19.4 Å². The molecule has 100 valence electrons. The number of carbonyl (C=O) groups excluding carboxylic acids is 1. The van der Waals surface area contributed by atoms with Crippen LogP contribution in [0.4, 0.5) is 0 Å². The van der Waals surface area contributed by atoms with Gasteiger partial charge in [-0.2, -0.15) is 0 Å². The van der Waals surface area contributed by atoms with E-state index < -0.39 is 15.7 Å². The molecule has 0 aliphatic carbocycles. The van der Waals surface area contributed by atoms with Crippen LogP contribution in [0.15, 0.2) is 29.2 Å². The van der Waals surface area contributed by atoms with Crippen molar-refractivity contribution in [1.82, 2.24) is 5.48 Å². The van der Waals surface area contributed by atoms with E-state index in [2.05, 4.69) is 5.48 Å². The summed E-state index contributed by atoms with van der Waals surface area (Å²) in [5.74, 6) is -0.439. The Morgan fingerprint density at radius 2 is 1.83 bits per heavy atom. The molecule has 0 fully saturated rings. The van der Waals surface area contributed by atoms with Gasteiger partial charge < -0.3 is 4.74 Å². The molecule has 0 aromatic heterocycles. The molecule has 1 aromatic carbocycles. The minimum Gasteiger partial charge on any atom is -0.382 e. The summed E-state index contributed by atoms with van der Waals surface area (Å²) in [6, 6.07) is 5.59. The van der Waals surface area contributed by atoms with E-state index >= 15 is 0 Å². The lowest BCUT2D eigenvalue weighted by Gasteiger charge is -2.05. The predicted molar refractivity (Wildman–Crippen MR) is 64.8 cm³/mol. The van der Waals surface area contributed by atoms with E-state index in [0.29, 0.717) is 12.2 Å². The normalized spacial score (nSPS) is 11.2. The first-order chi connectivity index (χ1) is 8.45. The van der Waals surface area contributed by atoms with Gasteiger partial charge in [-0.1, -0.05) is 0 Å². The lowest BCUT2D eigenvalue weighted by Crippen LogP contribution is -2.25. The van der Waals surface area contributed by atoms with Crippen molar-refractivity contribution < 1.29 is 22.8 Å². The number of hydrogen-bond acceptors (Lipinski definition) is 5. The number of rotatable bonds is 6. The van der Waals surface area contributed by atoms with Crippen LogP contribution in [0.1, 0.15) is 10.4 Å². The highest BCUT2D eigenvalue weighted by Gasteiger charge is 2.09. The molecule has 1 aromatic rings. The Balaban J connectivity index is 2.60. The van der Waals surface area contributed by atoms with Crippen LogP contribution in [0.3, 0.4) is 0 Å². The topological polar surface area (TPSA) is 81.7 Å². The van der Waals surface area contributed by atoms with Crippen molar-refractivity contribution in [2.45, 2.75) is 4.90 Å². The van der Waals surface area contributed by atoms with Crippen LogP contribution < -0.4 is 5.48 Å². The van der Waals surface area contributed by atoms with Gasteiger partial charge in [-0.3, -0.25) is 9.63 Å². The fourth-order valence-corrected chi connectivity index (χ4v) is 1.78. The molecule has 0 saturated carbocycles. The van der Waals surface area contributed by atoms with Crippen molar-refractivity contribution in [3.8, 4) is 0 Å². The Labute approximate surface area is 106 Å². The minimum atomic E-state index is -3.25. The van der Waals surface area contributed by atoms with Crippen molar-refractivity contribution in [2.75, 3.05) is 26.6 Å². The highest BCUT2D eigenvalue weighted by atomic mass is 32.2. The SMILES string of the molecule is COCCONC(=O)c1ccc(S(C)(=O)=O)cc1. The molecule has 0 aliphatic rings. The third-order valence-corrected chi connectivity index (χ3v) is 3.23. The molecule has 18 heavy (non-hydrogen) atoms. The largest absolute Gasteiger partial charge is 0.382 e. The lowest BCUT2D eigenvalue weighted by atomic mass is 10.2. The predicted octanol–water partition coefficient (Wildman–Crippen LogP) is 0.398. The van der Waals surface area contributed by atoms with Crippen LogP contribution in [0.5, 0.6) is 0 Å². The van der Waals surface area contributed by atoms with Crippen LogP contribution in [0.25, 0.3) is 0 Å². The van der Waals surface area contributed by atoms with E-state index in [9.17, 15) is 13.2 Å². The number of carbonyl (C=O) groups is 1. The maximum absolute atomic E-state index is 11.5. The molecule has 0 spiro atoms. The number of benzene rings is 1. The molecule has 0 aliphatic heterocycles. The minimum absolute atomic E-state index is 0.166. The maximum Gasteiger partial charge on any atom is 0.274 e. The molecular formula is C11H15NO5S. The number of methoxy groups -OCH3 is 1. The summed E-state index contributed by atoms with van der Waals surface area (Å²) in [6.07, 6.45) is 1.11. The van der Waals surface area contributed by atoms with Crippen molar-refractivity contribution >= 4 is 15.7 Å². The molecule has 0 bridgehead atoms. The lowest BCUT2D eigenvalue weighted by molar-refractivity contribution is 0.00888. The van der Waals surface area contributed by atoms with E-state index in [1.165, 1.54) is 31.4 Å². The number of sulfone groups is 1. The third kappa shape index (κ3) is 4.44. The first-order valence-electron chi connectivity index (χ1n) is 5.16. The summed E-state index contributed by atoms with van der Waals surface area (Å²) in [7, 11) is -1.73. The molecule has 1 rings (SSSR count). The Morgan fingerprint density at radius 3 is 2.33 bits per heavy atom. The van der Waals surface area contributed by atoms with E-state index in [4.69, 9.17) is 9.57 Å². The van der Waals surface area contributed by atoms with E-state index in [1.54, 1.807) is 0 Å². The molecule has 0 saturated heterocycles. The monoisotopic (exact) mass is 273 g/mol. The Bertz CT molecular complexity index is 495. The molecule has 6 nitrogen and oxygen atoms in total. The van der Waals surface area contributed by atoms with E-state index in [-0.39, 0.29) is 11.5 Å². The molecular weight excluding hydrogens is 258 g/mol. The molecule has 0 atom stereocenters.